The van der Waals surface area contributed by atoms with Crippen LogP contribution in [0.2, 0.25) is 0 Å². The molecule has 224 valence electrons. The number of rotatable bonds is 12. The molecule has 0 spiro atoms. The molecule has 2 saturated heterocycles. The first-order chi connectivity index (χ1) is 19.7. The zero-order chi connectivity index (χ0) is 29.6. The summed E-state index contributed by atoms with van der Waals surface area (Å²) in [5.74, 6) is -0.290. The van der Waals surface area contributed by atoms with Gasteiger partial charge >= 0.3 is 0 Å². The molecule has 4 atom stereocenters. The van der Waals surface area contributed by atoms with Gasteiger partial charge in [0.1, 0.15) is 26.2 Å². The lowest BCUT2D eigenvalue weighted by Gasteiger charge is -2.34. The SMILES string of the molecule is CCc1cccc(CC)c1NC(=O)[C@@H]1CCC[N+]1(O)CCC[N+]1(O)CCC[C@H]1C(=O)Nc1c(CC)cccc1CC. The number of benzene rings is 2. The van der Waals surface area contributed by atoms with Crippen LogP contribution in [0.25, 0.3) is 0 Å². The van der Waals surface area contributed by atoms with Gasteiger partial charge in [-0.2, -0.15) is 9.29 Å². The van der Waals surface area contributed by atoms with Gasteiger partial charge in [-0.05, 0) is 47.9 Å². The van der Waals surface area contributed by atoms with E-state index in [1.165, 1.54) is 0 Å². The van der Waals surface area contributed by atoms with Crippen LogP contribution in [0.1, 0.15) is 82.1 Å². The Balaban J connectivity index is 1.40. The number of anilines is 2. The van der Waals surface area contributed by atoms with E-state index in [1.54, 1.807) is 0 Å². The minimum absolute atomic E-state index is 0.145. The van der Waals surface area contributed by atoms with E-state index in [2.05, 4.69) is 38.3 Å². The highest BCUT2D eigenvalue weighted by molar-refractivity contribution is 5.96. The van der Waals surface area contributed by atoms with Crippen LogP contribution in [0, 0.1) is 0 Å². The fourth-order valence-electron chi connectivity index (χ4n) is 6.98. The van der Waals surface area contributed by atoms with E-state index in [9.17, 15) is 20.0 Å². The van der Waals surface area contributed by atoms with Gasteiger partial charge in [0.15, 0.2) is 12.1 Å². The molecule has 4 rings (SSSR count). The van der Waals surface area contributed by atoms with Crippen molar-refractivity contribution in [1.29, 1.82) is 0 Å². The van der Waals surface area contributed by atoms with Gasteiger partial charge in [0.25, 0.3) is 11.8 Å². The summed E-state index contributed by atoms with van der Waals surface area (Å²) in [6.07, 6.45) is 6.58. The van der Waals surface area contributed by atoms with Crippen LogP contribution in [0.3, 0.4) is 0 Å². The molecule has 0 aliphatic carbocycles. The van der Waals surface area contributed by atoms with Crippen molar-refractivity contribution in [1.82, 2.24) is 0 Å². The number of carbonyl (C=O) groups is 2. The molecule has 2 amide bonds. The molecule has 2 aliphatic rings. The van der Waals surface area contributed by atoms with Crippen molar-refractivity contribution in [2.24, 2.45) is 0 Å². The molecule has 41 heavy (non-hydrogen) atoms. The first-order valence-corrected chi connectivity index (χ1v) is 15.7. The van der Waals surface area contributed by atoms with Crippen molar-refractivity contribution in [3.8, 4) is 0 Å². The maximum Gasteiger partial charge on any atom is 0.285 e. The topological polar surface area (TPSA) is 98.7 Å². The number of carbonyl (C=O) groups excluding carboxylic acids is 2. The molecule has 2 aliphatic heterocycles. The standard InChI is InChI=1S/C33H48N4O4/c1-5-24-14-9-15-25(6-2)30(24)34-32(38)28-18-11-20-36(28,40)22-13-23-37(41)21-12-19-29(37)33(39)35-31-26(7-3)16-10-17-27(31)8-4/h9-10,14-17,28-29,40-41H,5-8,11-13,18-23H2,1-4H3/p+2/t28-,29-,36?,37?/m0/s1. The first kappa shape index (κ1) is 31.2. The van der Waals surface area contributed by atoms with Crippen LogP contribution in [0.15, 0.2) is 36.4 Å². The smallest absolute Gasteiger partial charge is 0.285 e. The summed E-state index contributed by atoms with van der Waals surface area (Å²) in [5.41, 5.74) is 6.16. The molecule has 0 bridgehead atoms. The molecule has 2 unspecified atom stereocenters. The van der Waals surface area contributed by atoms with Crippen molar-refractivity contribution in [3.63, 3.8) is 0 Å². The monoisotopic (exact) mass is 566 g/mol. The number of nitrogens with one attached hydrogen (secondary N) is 2. The van der Waals surface area contributed by atoms with Crippen LogP contribution < -0.4 is 10.6 Å². The number of likely N-dealkylation sites (tertiary alicyclic amines) is 2. The third kappa shape index (κ3) is 6.67. The number of quaternary nitrogens is 2. The second-order valence-electron chi connectivity index (χ2n) is 11.8. The van der Waals surface area contributed by atoms with Crippen molar-refractivity contribution in [2.45, 2.75) is 97.6 Å². The molecular weight excluding hydrogens is 516 g/mol. The van der Waals surface area contributed by atoms with E-state index in [4.69, 9.17) is 0 Å². The minimum Gasteiger partial charge on any atom is -0.320 e. The summed E-state index contributed by atoms with van der Waals surface area (Å²) in [4.78, 5) is 27.0. The summed E-state index contributed by atoms with van der Waals surface area (Å²) in [6.45, 7) is 10.1. The maximum absolute atomic E-state index is 13.5. The van der Waals surface area contributed by atoms with E-state index >= 15 is 0 Å². The van der Waals surface area contributed by atoms with E-state index in [0.717, 1.165) is 72.2 Å². The number of aryl methyl sites for hydroxylation is 4. The van der Waals surface area contributed by atoms with Gasteiger partial charge in [-0.3, -0.25) is 9.59 Å². The van der Waals surface area contributed by atoms with E-state index in [-0.39, 0.29) is 21.1 Å². The highest BCUT2D eigenvalue weighted by atomic mass is 16.6. The lowest BCUT2D eigenvalue weighted by Crippen LogP contribution is -2.57. The Bertz CT molecular complexity index is 1100. The third-order valence-corrected chi connectivity index (χ3v) is 9.40. The third-order valence-electron chi connectivity index (χ3n) is 9.40. The lowest BCUT2D eigenvalue weighted by atomic mass is 10.0. The van der Waals surface area contributed by atoms with Gasteiger partial charge in [0.05, 0.1) is 6.42 Å². The first-order valence-electron chi connectivity index (χ1n) is 15.7. The quantitative estimate of drug-likeness (QED) is 0.250. The van der Waals surface area contributed by atoms with Crippen LogP contribution in [-0.4, -0.2) is 69.8 Å². The highest BCUT2D eigenvalue weighted by Crippen LogP contribution is 2.31. The zero-order valence-corrected chi connectivity index (χ0v) is 25.4. The Morgan fingerprint density at radius 1 is 0.683 bits per heavy atom. The largest absolute Gasteiger partial charge is 0.320 e. The number of hydrogen-bond acceptors (Lipinski definition) is 4. The second kappa shape index (κ2) is 13.5. The molecule has 2 fully saturated rings. The van der Waals surface area contributed by atoms with Gasteiger partial charge in [-0.1, -0.05) is 64.1 Å². The van der Waals surface area contributed by atoms with E-state index in [0.29, 0.717) is 45.4 Å². The average Bonchev–Trinajstić information content (AvgIpc) is 3.55. The van der Waals surface area contributed by atoms with Crippen molar-refractivity contribution in [3.05, 3.63) is 58.7 Å². The number of amides is 2. The molecule has 4 N–H and O–H groups in total. The fraction of sp³-hybridized carbons (Fsp3) is 0.576. The summed E-state index contributed by atoms with van der Waals surface area (Å²) in [7, 11) is 0. The molecule has 2 aromatic rings. The molecule has 8 heteroatoms. The van der Waals surface area contributed by atoms with Crippen molar-refractivity contribution in [2.75, 3.05) is 36.8 Å². The van der Waals surface area contributed by atoms with Gasteiger partial charge in [0.2, 0.25) is 0 Å². The Hall–Kier alpha value is -2.78. The number of para-hydroxylation sites is 2. The van der Waals surface area contributed by atoms with Crippen LogP contribution in [0.5, 0.6) is 0 Å². The van der Waals surface area contributed by atoms with E-state index < -0.39 is 12.1 Å². The maximum atomic E-state index is 13.5. The number of nitrogens with zero attached hydrogens (tertiary/aromatic N) is 2. The molecule has 0 aromatic heterocycles. The minimum atomic E-state index is -0.549. The Morgan fingerprint density at radius 3 is 1.34 bits per heavy atom. The van der Waals surface area contributed by atoms with Crippen molar-refractivity contribution < 1.29 is 29.3 Å². The second-order valence-corrected chi connectivity index (χ2v) is 11.8. The Morgan fingerprint density at radius 2 is 1.02 bits per heavy atom. The van der Waals surface area contributed by atoms with E-state index in [1.807, 2.05) is 36.4 Å². The summed E-state index contributed by atoms with van der Waals surface area (Å²) in [5, 5.41) is 29.5. The predicted molar refractivity (Wildman–Crippen MR) is 162 cm³/mol. The van der Waals surface area contributed by atoms with Gasteiger partial charge in [0, 0.05) is 37.1 Å². The Labute approximate surface area is 245 Å². The predicted octanol–water partition coefficient (Wildman–Crippen LogP) is 5.64. The molecular formula is C33H50N4O4+2. The fourth-order valence-corrected chi connectivity index (χ4v) is 6.98. The summed E-state index contributed by atoms with van der Waals surface area (Å²) < 4.78 is -0.635. The molecule has 0 radical (unpaired) electrons. The van der Waals surface area contributed by atoms with Gasteiger partial charge in [-0.25, -0.2) is 10.4 Å². The lowest BCUT2D eigenvalue weighted by molar-refractivity contribution is -1.12. The number of hydrogen-bond donors (Lipinski definition) is 4. The highest BCUT2D eigenvalue weighted by Gasteiger charge is 2.49. The Kier molecular flexibility index (Phi) is 10.2. The van der Waals surface area contributed by atoms with Crippen LogP contribution >= 0.6 is 0 Å². The molecule has 2 heterocycles. The van der Waals surface area contributed by atoms with Crippen LogP contribution in [-0.2, 0) is 35.3 Å². The number of hydroxylamine groups is 6. The zero-order valence-electron chi connectivity index (χ0n) is 25.4. The van der Waals surface area contributed by atoms with Crippen LogP contribution in [0.4, 0.5) is 11.4 Å². The summed E-state index contributed by atoms with van der Waals surface area (Å²) >= 11 is 0. The summed E-state index contributed by atoms with van der Waals surface area (Å²) in [6, 6.07) is 11.1. The molecule has 2 aromatic carbocycles. The van der Waals surface area contributed by atoms with Gasteiger partial charge in [-0.15, -0.1) is 0 Å². The molecule has 8 nitrogen and oxygen atoms in total. The normalized spacial score (nSPS) is 25.8. The van der Waals surface area contributed by atoms with Crippen molar-refractivity contribution >= 4 is 23.2 Å². The molecule has 0 saturated carbocycles. The average molecular weight is 567 g/mol. The van der Waals surface area contributed by atoms with Gasteiger partial charge < -0.3 is 10.6 Å².